The second-order valence-electron chi connectivity index (χ2n) is 6.05. The number of carbonyl (C=O) groups is 1. The summed E-state index contributed by atoms with van der Waals surface area (Å²) in [5, 5.41) is 3.64. The first kappa shape index (κ1) is 15.9. The van der Waals surface area contributed by atoms with Crippen LogP contribution >= 0.6 is 0 Å². The van der Waals surface area contributed by atoms with Crippen molar-refractivity contribution in [2.24, 2.45) is 0 Å². The predicted molar refractivity (Wildman–Crippen MR) is 98.4 cm³/mol. The molecule has 0 spiro atoms. The van der Waals surface area contributed by atoms with Crippen LogP contribution < -0.4 is 16.6 Å². The molecule has 1 amide bonds. The Bertz CT molecular complexity index is 1260. The van der Waals surface area contributed by atoms with E-state index in [1.165, 1.54) is 10.6 Å². The molecule has 2 N–H and O–H groups in total. The number of nitrogens with one attached hydrogen (secondary N) is 2. The largest absolute Gasteiger partial charge is 0.420 e. The summed E-state index contributed by atoms with van der Waals surface area (Å²) >= 11 is 0. The number of rotatable bonds is 3. The third-order valence-electron chi connectivity index (χ3n) is 4.21. The number of aryl methyl sites for hydroxylation is 1. The maximum absolute atomic E-state index is 12.4. The predicted octanol–water partition coefficient (Wildman–Crippen LogP) is 2.38. The van der Waals surface area contributed by atoms with Crippen molar-refractivity contribution < 1.29 is 9.21 Å². The zero-order chi connectivity index (χ0) is 18.3. The van der Waals surface area contributed by atoms with E-state index in [0.717, 1.165) is 10.9 Å². The molecule has 2 heterocycles. The van der Waals surface area contributed by atoms with Crippen LogP contribution in [0.2, 0.25) is 0 Å². The fourth-order valence-corrected chi connectivity index (χ4v) is 3.02. The molecule has 0 atom stereocenters. The molecule has 0 fully saturated rings. The Morgan fingerprint density at radius 3 is 2.81 bits per heavy atom. The van der Waals surface area contributed by atoms with Gasteiger partial charge >= 0.3 is 5.76 Å². The first-order chi connectivity index (χ1) is 12.5. The van der Waals surface area contributed by atoms with Gasteiger partial charge in [-0.05, 0) is 36.8 Å². The van der Waals surface area contributed by atoms with Crippen molar-refractivity contribution in [3.63, 3.8) is 0 Å². The number of fused-ring (bicyclic) bond motifs is 2. The Kier molecular flexibility index (Phi) is 3.69. The highest BCUT2D eigenvalue weighted by molar-refractivity contribution is 5.94. The molecule has 2 aromatic heterocycles. The molecule has 4 aromatic rings. The maximum Gasteiger partial charge on any atom is 0.420 e. The number of benzene rings is 2. The molecular formula is C19H15N3O4. The minimum atomic E-state index is -0.584. The highest BCUT2D eigenvalue weighted by atomic mass is 16.4. The standard InChI is InChI=1S/C19H15N3O4/c1-11-8-17(23)21-14-9-12(6-7-13(11)14)20-18(24)10-22-15-4-2-3-5-16(15)26-19(22)25/h2-9H,10H2,1H3,(H,20,24)(H,21,23). The number of hydrogen-bond acceptors (Lipinski definition) is 4. The van der Waals surface area contributed by atoms with E-state index >= 15 is 0 Å². The Labute approximate surface area is 146 Å². The van der Waals surface area contributed by atoms with Crippen LogP contribution in [0.4, 0.5) is 5.69 Å². The van der Waals surface area contributed by atoms with Crippen molar-refractivity contribution >= 4 is 33.6 Å². The van der Waals surface area contributed by atoms with E-state index in [1.54, 1.807) is 36.4 Å². The molecule has 0 aliphatic carbocycles. The number of para-hydroxylation sites is 2. The number of aromatic amines is 1. The van der Waals surface area contributed by atoms with Gasteiger partial charge in [0, 0.05) is 17.1 Å². The normalized spacial score (nSPS) is 11.1. The molecule has 26 heavy (non-hydrogen) atoms. The third kappa shape index (κ3) is 2.79. The molecule has 0 unspecified atom stereocenters. The van der Waals surface area contributed by atoms with Gasteiger partial charge in [-0.1, -0.05) is 18.2 Å². The van der Waals surface area contributed by atoms with Crippen LogP contribution in [0.15, 0.2) is 62.5 Å². The van der Waals surface area contributed by atoms with Gasteiger partial charge in [0.15, 0.2) is 5.58 Å². The minimum Gasteiger partial charge on any atom is -0.408 e. The zero-order valence-corrected chi connectivity index (χ0v) is 13.9. The number of H-pyrrole nitrogens is 1. The first-order valence-corrected chi connectivity index (χ1v) is 8.03. The molecule has 0 bridgehead atoms. The smallest absolute Gasteiger partial charge is 0.408 e. The number of amides is 1. The second kappa shape index (κ2) is 6.03. The van der Waals surface area contributed by atoms with Crippen molar-refractivity contribution in [3.8, 4) is 0 Å². The molecular weight excluding hydrogens is 334 g/mol. The van der Waals surface area contributed by atoms with Gasteiger partial charge in [0.25, 0.3) is 0 Å². The van der Waals surface area contributed by atoms with Crippen molar-refractivity contribution in [1.29, 1.82) is 0 Å². The molecule has 2 aromatic carbocycles. The molecule has 0 saturated carbocycles. The summed E-state index contributed by atoms with van der Waals surface area (Å²) in [6.07, 6.45) is 0. The zero-order valence-electron chi connectivity index (χ0n) is 13.9. The van der Waals surface area contributed by atoms with E-state index in [4.69, 9.17) is 4.42 Å². The average molecular weight is 349 g/mol. The second-order valence-corrected chi connectivity index (χ2v) is 6.05. The van der Waals surface area contributed by atoms with Gasteiger partial charge in [0.2, 0.25) is 11.5 Å². The Morgan fingerprint density at radius 2 is 1.96 bits per heavy atom. The number of anilines is 1. The summed E-state index contributed by atoms with van der Waals surface area (Å²) in [7, 11) is 0. The number of pyridine rings is 1. The highest BCUT2D eigenvalue weighted by Crippen LogP contribution is 2.19. The maximum atomic E-state index is 12.4. The molecule has 7 heteroatoms. The van der Waals surface area contributed by atoms with Crippen LogP contribution in [0, 0.1) is 6.92 Å². The van der Waals surface area contributed by atoms with Crippen LogP contribution in [0.25, 0.3) is 22.0 Å². The van der Waals surface area contributed by atoms with Gasteiger partial charge in [-0.15, -0.1) is 0 Å². The van der Waals surface area contributed by atoms with Crippen LogP contribution in [0.3, 0.4) is 0 Å². The van der Waals surface area contributed by atoms with Gasteiger partial charge < -0.3 is 14.7 Å². The molecule has 7 nitrogen and oxygen atoms in total. The third-order valence-corrected chi connectivity index (χ3v) is 4.21. The minimum absolute atomic E-state index is 0.168. The van der Waals surface area contributed by atoms with Crippen LogP contribution in [-0.2, 0) is 11.3 Å². The SMILES string of the molecule is Cc1cc(=O)[nH]c2cc(NC(=O)Cn3c(=O)oc4ccccc43)ccc12. The summed E-state index contributed by atoms with van der Waals surface area (Å²) in [6, 6.07) is 13.7. The van der Waals surface area contributed by atoms with Gasteiger partial charge in [0.05, 0.1) is 11.0 Å². The van der Waals surface area contributed by atoms with E-state index in [9.17, 15) is 14.4 Å². The topological polar surface area (TPSA) is 97.1 Å². The Hall–Kier alpha value is -3.61. The van der Waals surface area contributed by atoms with Crippen LogP contribution in [-0.4, -0.2) is 15.5 Å². The number of hydrogen-bond donors (Lipinski definition) is 2. The van der Waals surface area contributed by atoms with Crippen molar-refractivity contribution in [3.05, 3.63) is 75.0 Å². The van der Waals surface area contributed by atoms with Crippen LogP contribution in [0.1, 0.15) is 5.56 Å². The fraction of sp³-hybridized carbons (Fsp3) is 0.105. The summed E-state index contributed by atoms with van der Waals surface area (Å²) in [6.45, 7) is 1.68. The summed E-state index contributed by atoms with van der Waals surface area (Å²) in [5.41, 5.74) is 2.83. The van der Waals surface area contributed by atoms with Crippen molar-refractivity contribution in [2.75, 3.05) is 5.32 Å². The molecule has 0 aliphatic rings. The van der Waals surface area contributed by atoms with E-state index in [0.29, 0.717) is 22.3 Å². The lowest BCUT2D eigenvalue weighted by Gasteiger charge is -2.08. The van der Waals surface area contributed by atoms with E-state index in [2.05, 4.69) is 10.3 Å². The molecule has 0 aliphatic heterocycles. The average Bonchev–Trinajstić information content (AvgIpc) is 2.90. The Balaban J connectivity index is 1.62. The van der Waals surface area contributed by atoms with Crippen LogP contribution in [0.5, 0.6) is 0 Å². The van der Waals surface area contributed by atoms with Gasteiger partial charge in [-0.3, -0.25) is 14.2 Å². The van der Waals surface area contributed by atoms with Crippen molar-refractivity contribution in [2.45, 2.75) is 13.5 Å². The highest BCUT2D eigenvalue weighted by Gasteiger charge is 2.12. The van der Waals surface area contributed by atoms with Gasteiger partial charge in [-0.2, -0.15) is 0 Å². The van der Waals surface area contributed by atoms with Gasteiger partial charge in [0.1, 0.15) is 6.54 Å². The molecule has 4 rings (SSSR count). The molecule has 0 radical (unpaired) electrons. The quantitative estimate of drug-likeness (QED) is 0.593. The summed E-state index contributed by atoms with van der Waals surface area (Å²) in [4.78, 5) is 38.7. The number of oxazole rings is 1. The van der Waals surface area contributed by atoms with Crippen molar-refractivity contribution in [1.82, 2.24) is 9.55 Å². The monoisotopic (exact) mass is 349 g/mol. The van der Waals surface area contributed by atoms with E-state index in [-0.39, 0.29) is 18.0 Å². The number of nitrogens with zero attached hydrogens (tertiary/aromatic N) is 1. The molecule has 0 saturated heterocycles. The summed E-state index contributed by atoms with van der Waals surface area (Å²) < 4.78 is 6.40. The van der Waals surface area contributed by atoms with E-state index < -0.39 is 5.76 Å². The first-order valence-electron chi connectivity index (χ1n) is 8.03. The molecule has 130 valence electrons. The number of carbonyl (C=O) groups excluding carboxylic acids is 1. The van der Waals surface area contributed by atoms with E-state index in [1.807, 2.05) is 13.0 Å². The lowest BCUT2D eigenvalue weighted by molar-refractivity contribution is -0.116. The lowest BCUT2D eigenvalue weighted by atomic mass is 10.1. The summed E-state index contributed by atoms with van der Waals surface area (Å²) in [5.74, 6) is -0.951. The Morgan fingerprint density at radius 1 is 1.15 bits per heavy atom. The number of aromatic nitrogens is 2. The lowest BCUT2D eigenvalue weighted by Crippen LogP contribution is -2.24. The fourth-order valence-electron chi connectivity index (χ4n) is 3.02. The van der Waals surface area contributed by atoms with Gasteiger partial charge in [-0.25, -0.2) is 4.79 Å².